The SMILES string of the molecule is CC(N)Cc1ccc(Cl)c(OCC2CC2)c1. The molecule has 2 rings (SSSR count). The van der Waals surface area contributed by atoms with Gasteiger partial charge >= 0.3 is 0 Å². The number of rotatable bonds is 5. The summed E-state index contributed by atoms with van der Waals surface area (Å²) in [7, 11) is 0. The Bertz CT molecular complexity index is 361. The molecule has 0 spiro atoms. The van der Waals surface area contributed by atoms with Gasteiger partial charge in [-0.3, -0.25) is 0 Å². The van der Waals surface area contributed by atoms with E-state index in [1.165, 1.54) is 18.4 Å². The summed E-state index contributed by atoms with van der Waals surface area (Å²) < 4.78 is 5.71. The number of ether oxygens (including phenoxy) is 1. The van der Waals surface area contributed by atoms with Gasteiger partial charge in [-0.2, -0.15) is 0 Å². The summed E-state index contributed by atoms with van der Waals surface area (Å²) in [5, 5.41) is 0.689. The van der Waals surface area contributed by atoms with Crippen molar-refractivity contribution in [3.8, 4) is 5.75 Å². The lowest BCUT2D eigenvalue weighted by Gasteiger charge is -2.10. The van der Waals surface area contributed by atoms with Crippen LogP contribution in [0.15, 0.2) is 18.2 Å². The third-order valence-corrected chi connectivity index (χ3v) is 3.04. The van der Waals surface area contributed by atoms with E-state index in [1.807, 2.05) is 25.1 Å². The van der Waals surface area contributed by atoms with Crippen molar-refractivity contribution in [1.29, 1.82) is 0 Å². The van der Waals surface area contributed by atoms with Crippen molar-refractivity contribution in [2.45, 2.75) is 32.2 Å². The Balaban J connectivity index is 2.02. The molecule has 2 N–H and O–H groups in total. The lowest BCUT2D eigenvalue weighted by Crippen LogP contribution is -2.17. The second-order valence-corrected chi connectivity index (χ2v) is 5.11. The van der Waals surface area contributed by atoms with Gasteiger partial charge in [-0.15, -0.1) is 0 Å². The van der Waals surface area contributed by atoms with Gasteiger partial charge in [0.15, 0.2) is 0 Å². The second kappa shape index (κ2) is 5.07. The fourth-order valence-electron chi connectivity index (χ4n) is 1.65. The van der Waals surface area contributed by atoms with Gasteiger partial charge in [-0.05, 0) is 49.8 Å². The zero-order chi connectivity index (χ0) is 11.5. The molecule has 16 heavy (non-hydrogen) atoms. The molecule has 1 saturated carbocycles. The first-order valence-electron chi connectivity index (χ1n) is 5.82. The molecule has 0 bridgehead atoms. The molecule has 88 valence electrons. The largest absolute Gasteiger partial charge is 0.492 e. The first-order chi connectivity index (χ1) is 7.65. The fourth-order valence-corrected chi connectivity index (χ4v) is 1.82. The van der Waals surface area contributed by atoms with Gasteiger partial charge in [-0.1, -0.05) is 17.7 Å². The standard InChI is InChI=1S/C13H18ClNO/c1-9(15)6-11-4-5-12(14)13(7-11)16-8-10-2-3-10/h4-5,7,9-10H,2-3,6,8,15H2,1H3. The molecule has 0 aliphatic heterocycles. The Morgan fingerprint density at radius 2 is 2.25 bits per heavy atom. The van der Waals surface area contributed by atoms with E-state index in [1.54, 1.807) is 0 Å². The number of hydrogen-bond acceptors (Lipinski definition) is 2. The molecule has 1 aromatic rings. The van der Waals surface area contributed by atoms with Crippen LogP contribution in [0.2, 0.25) is 5.02 Å². The Hall–Kier alpha value is -0.730. The van der Waals surface area contributed by atoms with E-state index in [0.29, 0.717) is 5.02 Å². The van der Waals surface area contributed by atoms with Crippen molar-refractivity contribution in [2.24, 2.45) is 11.7 Å². The first kappa shape index (κ1) is 11.7. The zero-order valence-corrected chi connectivity index (χ0v) is 10.3. The lowest BCUT2D eigenvalue weighted by atomic mass is 10.1. The predicted molar refractivity (Wildman–Crippen MR) is 67.0 cm³/mol. The lowest BCUT2D eigenvalue weighted by molar-refractivity contribution is 0.299. The summed E-state index contributed by atoms with van der Waals surface area (Å²) in [4.78, 5) is 0. The molecule has 1 unspecified atom stereocenters. The van der Waals surface area contributed by atoms with Crippen molar-refractivity contribution >= 4 is 11.6 Å². The quantitative estimate of drug-likeness (QED) is 0.857. The second-order valence-electron chi connectivity index (χ2n) is 4.70. The van der Waals surface area contributed by atoms with Gasteiger partial charge in [-0.25, -0.2) is 0 Å². The third kappa shape index (κ3) is 3.39. The molecule has 0 aromatic heterocycles. The van der Waals surface area contributed by atoms with Crippen molar-refractivity contribution in [1.82, 2.24) is 0 Å². The van der Waals surface area contributed by atoms with Crippen LogP contribution >= 0.6 is 11.6 Å². The van der Waals surface area contributed by atoms with Crippen LogP contribution in [0.4, 0.5) is 0 Å². The molecule has 1 aliphatic rings. The maximum absolute atomic E-state index is 6.08. The normalized spacial score (nSPS) is 17.2. The highest BCUT2D eigenvalue weighted by molar-refractivity contribution is 6.32. The van der Waals surface area contributed by atoms with Crippen molar-refractivity contribution in [3.05, 3.63) is 28.8 Å². The van der Waals surface area contributed by atoms with Crippen LogP contribution in [-0.4, -0.2) is 12.6 Å². The van der Waals surface area contributed by atoms with Crippen molar-refractivity contribution in [2.75, 3.05) is 6.61 Å². The smallest absolute Gasteiger partial charge is 0.138 e. The van der Waals surface area contributed by atoms with E-state index in [-0.39, 0.29) is 6.04 Å². The van der Waals surface area contributed by atoms with Gasteiger partial charge < -0.3 is 10.5 Å². The Labute approximate surface area is 102 Å². The minimum atomic E-state index is 0.164. The summed E-state index contributed by atoms with van der Waals surface area (Å²) in [5.74, 6) is 1.54. The van der Waals surface area contributed by atoms with E-state index in [9.17, 15) is 0 Å². The van der Waals surface area contributed by atoms with E-state index in [4.69, 9.17) is 22.1 Å². The Morgan fingerprint density at radius 3 is 2.88 bits per heavy atom. The summed E-state index contributed by atoms with van der Waals surface area (Å²) in [6, 6.07) is 6.07. The molecule has 0 saturated heterocycles. The molecular weight excluding hydrogens is 222 g/mol. The molecule has 3 heteroatoms. The van der Waals surface area contributed by atoms with Gasteiger partial charge in [0.25, 0.3) is 0 Å². The summed E-state index contributed by atoms with van der Waals surface area (Å²) in [6.07, 6.45) is 3.44. The van der Waals surface area contributed by atoms with E-state index in [0.717, 1.165) is 24.7 Å². The average Bonchev–Trinajstić information content (AvgIpc) is 3.02. The Morgan fingerprint density at radius 1 is 1.50 bits per heavy atom. The minimum absolute atomic E-state index is 0.164. The number of hydrogen-bond donors (Lipinski definition) is 1. The predicted octanol–water partition coefficient (Wildman–Crippen LogP) is 3.02. The molecule has 1 aliphatic carbocycles. The minimum Gasteiger partial charge on any atom is -0.492 e. The third-order valence-electron chi connectivity index (χ3n) is 2.72. The van der Waals surface area contributed by atoms with E-state index >= 15 is 0 Å². The monoisotopic (exact) mass is 239 g/mol. The van der Waals surface area contributed by atoms with Crippen molar-refractivity contribution in [3.63, 3.8) is 0 Å². The van der Waals surface area contributed by atoms with Crippen LogP contribution in [-0.2, 0) is 6.42 Å². The number of benzene rings is 1. The molecule has 1 aromatic carbocycles. The zero-order valence-electron chi connectivity index (χ0n) is 9.58. The molecule has 2 nitrogen and oxygen atoms in total. The molecule has 0 amide bonds. The topological polar surface area (TPSA) is 35.2 Å². The molecule has 0 radical (unpaired) electrons. The number of halogens is 1. The van der Waals surface area contributed by atoms with Crippen LogP contribution in [0.5, 0.6) is 5.75 Å². The van der Waals surface area contributed by atoms with Crippen LogP contribution < -0.4 is 10.5 Å². The van der Waals surface area contributed by atoms with Crippen LogP contribution in [0.3, 0.4) is 0 Å². The van der Waals surface area contributed by atoms with Crippen LogP contribution in [0.25, 0.3) is 0 Å². The van der Waals surface area contributed by atoms with Gasteiger partial charge in [0.2, 0.25) is 0 Å². The average molecular weight is 240 g/mol. The highest BCUT2D eigenvalue weighted by Gasteiger charge is 2.22. The summed E-state index contributed by atoms with van der Waals surface area (Å²) in [6.45, 7) is 2.79. The Kier molecular flexibility index (Phi) is 3.72. The highest BCUT2D eigenvalue weighted by atomic mass is 35.5. The van der Waals surface area contributed by atoms with Gasteiger partial charge in [0, 0.05) is 6.04 Å². The summed E-state index contributed by atoms with van der Waals surface area (Å²) in [5.41, 5.74) is 6.96. The first-order valence-corrected chi connectivity index (χ1v) is 6.20. The molecular formula is C13H18ClNO. The molecule has 1 fully saturated rings. The number of nitrogens with two attached hydrogens (primary N) is 1. The highest BCUT2D eigenvalue weighted by Crippen LogP contribution is 2.32. The maximum atomic E-state index is 6.08. The summed E-state index contributed by atoms with van der Waals surface area (Å²) >= 11 is 6.08. The maximum Gasteiger partial charge on any atom is 0.138 e. The van der Waals surface area contributed by atoms with Gasteiger partial charge in [0.05, 0.1) is 11.6 Å². The molecule has 1 atom stereocenters. The van der Waals surface area contributed by atoms with Crippen LogP contribution in [0.1, 0.15) is 25.3 Å². The fraction of sp³-hybridized carbons (Fsp3) is 0.538. The van der Waals surface area contributed by atoms with E-state index < -0.39 is 0 Å². The van der Waals surface area contributed by atoms with Crippen molar-refractivity contribution < 1.29 is 4.74 Å². The van der Waals surface area contributed by atoms with E-state index in [2.05, 4.69) is 0 Å². The molecule has 0 heterocycles. The van der Waals surface area contributed by atoms with Crippen LogP contribution in [0, 0.1) is 5.92 Å². The van der Waals surface area contributed by atoms with Gasteiger partial charge in [0.1, 0.15) is 5.75 Å².